The number of likely N-dealkylation sites (tertiary alicyclic amines) is 1. The molecule has 3 rings (SSSR count). The van der Waals surface area contributed by atoms with Crippen molar-refractivity contribution in [3.63, 3.8) is 0 Å². The number of nitrogens with one attached hydrogen (secondary N) is 1. The maximum atomic E-state index is 12.9. The van der Waals surface area contributed by atoms with Gasteiger partial charge >= 0.3 is 6.03 Å². The van der Waals surface area contributed by atoms with E-state index in [1.165, 1.54) is 0 Å². The van der Waals surface area contributed by atoms with Gasteiger partial charge in [0.15, 0.2) is 0 Å². The zero-order valence-corrected chi connectivity index (χ0v) is 17.6. The number of carbonyl (C=O) groups excluding carboxylic acids is 1. The van der Waals surface area contributed by atoms with Crippen molar-refractivity contribution in [3.05, 3.63) is 53.6 Å². The fraction of sp³-hybridized carbons (Fsp3) is 0.435. The third-order valence-corrected chi connectivity index (χ3v) is 5.05. The molecule has 29 heavy (non-hydrogen) atoms. The molecule has 1 atom stereocenters. The first-order chi connectivity index (χ1) is 14.0. The number of urea groups is 1. The molecule has 1 aliphatic heterocycles. The van der Waals surface area contributed by atoms with Gasteiger partial charge in [0.25, 0.3) is 0 Å². The van der Waals surface area contributed by atoms with E-state index < -0.39 is 0 Å². The van der Waals surface area contributed by atoms with Gasteiger partial charge in [0.1, 0.15) is 17.2 Å². The molecule has 0 radical (unpaired) electrons. The molecule has 0 spiro atoms. The monoisotopic (exact) mass is 398 g/mol. The number of rotatable bonds is 7. The molecular weight excluding hydrogens is 368 g/mol. The van der Waals surface area contributed by atoms with Crippen molar-refractivity contribution in [2.24, 2.45) is 0 Å². The van der Waals surface area contributed by atoms with E-state index in [0.29, 0.717) is 6.54 Å². The van der Waals surface area contributed by atoms with E-state index in [9.17, 15) is 4.79 Å². The van der Waals surface area contributed by atoms with Crippen LogP contribution in [0.1, 0.15) is 43.9 Å². The molecule has 156 valence electrons. The molecule has 1 aliphatic rings. The average Bonchev–Trinajstić information content (AvgIpc) is 3.21. The summed E-state index contributed by atoms with van der Waals surface area (Å²) in [6, 6.07) is 13.5. The van der Waals surface area contributed by atoms with E-state index in [1.54, 1.807) is 14.2 Å². The van der Waals surface area contributed by atoms with E-state index in [1.807, 2.05) is 61.2 Å². The number of hydrogen-bond acceptors (Lipinski definition) is 4. The zero-order chi connectivity index (χ0) is 20.8. The second-order valence-corrected chi connectivity index (χ2v) is 7.43. The molecule has 1 saturated heterocycles. The summed E-state index contributed by atoms with van der Waals surface area (Å²) in [7, 11) is 3.27. The smallest absolute Gasteiger partial charge is 0.318 e. The van der Waals surface area contributed by atoms with E-state index in [0.717, 1.165) is 47.8 Å². The van der Waals surface area contributed by atoms with Crippen LogP contribution in [0.4, 0.5) is 4.79 Å². The fourth-order valence-electron chi connectivity index (χ4n) is 3.66. The molecule has 1 unspecified atom stereocenters. The summed E-state index contributed by atoms with van der Waals surface area (Å²) in [5.74, 6) is 2.32. The van der Waals surface area contributed by atoms with Crippen LogP contribution in [-0.2, 0) is 6.54 Å². The Morgan fingerprint density at radius 1 is 1.10 bits per heavy atom. The van der Waals surface area contributed by atoms with Gasteiger partial charge in [0, 0.05) is 24.7 Å². The summed E-state index contributed by atoms with van der Waals surface area (Å²) in [5, 5.41) is 3.04. The average molecular weight is 399 g/mol. The predicted molar refractivity (Wildman–Crippen MR) is 113 cm³/mol. The molecule has 0 aliphatic carbocycles. The number of methoxy groups -OCH3 is 2. The summed E-state index contributed by atoms with van der Waals surface area (Å²) >= 11 is 0. The van der Waals surface area contributed by atoms with Gasteiger partial charge in [-0.3, -0.25) is 0 Å². The Bertz CT molecular complexity index is 820. The quantitative estimate of drug-likeness (QED) is 0.744. The molecule has 0 bridgehead atoms. The number of amides is 2. The van der Waals surface area contributed by atoms with Crippen LogP contribution in [-0.4, -0.2) is 37.8 Å². The molecular formula is C23H30N2O4. The van der Waals surface area contributed by atoms with Crippen molar-refractivity contribution < 1.29 is 19.0 Å². The summed E-state index contributed by atoms with van der Waals surface area (Å²) in [5.41, 5.74) is 2.04. The topological polar surface area (TPSA) is 60.0 Å². The van der Waals surface area contributed by atoms with Crippen LogP contribution in [0.5, 0.6) is 17.2 Å². The van der Waals surface area contributed by atoms with Gasteiger partial charge < -0.3 is 24.4 Å². The van der Waals surface area contributed by atoms with Gasteiger partial charge in [-0.05, 0) is 56.5 Å². The van der Waals surface area contributed by atoms with Gasteiger partial charge in [-0.2, -0.15) is 0 Å². The number of ether oxygens (including phenoxy) is 3. The molecule has 2 aromatic carbocycles. The zero-order valence-electron chi connectivity index (χ0n) is 17.6. The van der Waals surface area contributed by atoms with Crippen molar-refractivity contribution >= 4 is 6.03 Å². The van der Waals surface area contributed by atoms with E-state index in [2.05, 4.69) is 5.32 Å². The van der Waals surface area contributed by atoms with Crippen LogP contribution in [0.3, 0.4) is 0 Å². The SMILES string of the molecule is COc1ccc(C2CCCN2C(=O)NCc2ccc(OC(C)C)cc2)c(OC)c1. The number of nitrogens with zero attached hydrogens (tertiary/aromatic N) is 1. The second kappa shape index (κ2) is 9.54. The summed E-state index contributed by atoms with van der Waals surface area (Å²) in [4.78, 5) is 14.8. The van der Waals surface area contributed by atoms with Crippen molar-refractivity contribution in [2.75, 3.05) is 20.8 Å². The molecule has 1 fully saturated rings. The highest BCUT2D eigenvalue weighted by atomic mass is 16.5. The molecule has 0 aromatic heterocycles. The first-order valence-corrected chi connectivity index (χ1v) is 10.0. The number of hydrogen-bond donors (Lipinski definition) is 1. The van der Waals surface area contributed by atoms with Gasteiger partial charge in [-0.15, -0.1) is 0 Å². The Kier molecular flexibility index (Phi) is 6.86. The summed E-state index contributed by atoms with van der Waals surface area (Å²) in [6.45, 7) is 5.20. The maximum Gasteiger partial charge on any atom is 0.318 e. The normalized spacial score (nSPS) is 16.0. The lowest BCUT2D eigenvalue weighted by Gasteiger charge is -2.27. The Hall–Kier alpha value is -2.89. The van der Waals surface area contributed by atoms with Gasteiger partial charge in [-0.25, -0.2) is 4.79 Å². The van der Waals surface area contributed by atoms with Gasteiger partial charge in [-0.1, -0.05) is 12.1 Å². The Morgan fingerprint density at radius 2 is 1.83 bits per heavy atom. The van der Waals surface area contributed by atoms with E-state index in [-0.39, 0.29) is 18.2 Å². The fourth-order valence-corrected chi connectivity index (χ4v) is 3.66. The largest absolute Gasteiger partial charge is 0.497 e. The minimum absolute atomic E-state index is 0.00215. The van der Waals surface area contributed by atoms with Gasteiger partial charge in [0.2, 0.25) is 0 Å². The van der Waals surface area contributed by atoms with Crippen LogP contribution >= 0.6 is 0 Å². The van der Waals surface area contributed by atoms with Crippen molar-refractivity contribution in [3.8, 4) is 17.2 Å². The lowest BCUT2D eigenvalue weighted by atomic mass is 10.0. The van der Waals surface area contributed by atoms with Crippen LogP contribution in [0.2, 0.25) is 0 Å². The molecule has 6 nitrogen and oxygen atoms in total. The van der Waals surface area contributed by atoms with Crippen LogP contribution < -0.4 is 19.5 Å². The highest BCUT2D eigenvalue weighted by molar-refractivity contribution is 5.75. The van der Waals surface area contributed by atoms with Crippen molar-refractivity contribution in [2.45, 2.75) is 45.4 Å². The van der Waals surface area contributed by atoms with Crippen LogP contribution in [0.25, 0.3) is 0 Å². The Morgan fingerprint density at radius 3 is 2.48 bits per heavy atom. The lowest BCUT2D eigenvalue weighted by Crippen LogP contribution is -2.39. The highest BCUT2D eigenvalue weighted by Crippen LogP contribution is 2.38. The standard InChI is InChI=1S/C23H30N2O4/c1-16(2)29-18-9-7-17(8-10-18)15-24-23(26)25-13-5-6-21(25)20-12-11-19(27-3)14-22(20)28-4/h7-12,14,16,21H,5-6,13,15H2,1-4H3,(H,24,26). The maximum absolute atomic E-state index is 12.9. The third kappa shape index (κ3) is 5.13. The summed E-state index contributed by atoms with van der Waals surface area (Å²) in [6.07, 6.45) is 2.02. The third-order valence-electron chi connectivity index (χ3n) is 5.05. The van der Waals surface area contributed by atoms with Crippen LogP contribution in [0, 0.1) is 0 Å². The first-order valence-electron chi connectivity index (χ1n) is 10.0. The minimum atomic E-state index is -0.0621. The highest BCUT2D eigenvalue weighted by Gasteiger charge is 2.31. The predicted octanol–water partition coefficient (Wildman–Crippen LogP) is 4.54. The molecule has 0 saturated carbocycles. The molecule has 1 heterocycles. The molecule has 1 N–H and O–H groups in total. The first kappa shape index (κ1) is 20.8. The lowest BCUT2D eigenvalue weighted by molar-refractivity contribution is 0.191. The van der Waals surface area contributed by atoms with E-state index >= 15 is 0 Å². The van der Waals surface area contributed by atoms with Crippen molar-refractivity contribution in [1.29, 1.82) is 0 Å². The molecule has 2 amide bonds. The summed E-state index contributed by atoms with van der Waals surface area (Å²) < 4.78 is 16.5. The van der Waals surface area contributed by atoms with Gasteiger partial charge in [0.05, 0.1) is 26.4 Å². The second-order valence-electron chi connectivity index (χ2n) is 7.43. The van der Waals surface area contributed by atoms with Crippen molar-refractivity contribution in [1.82, 2.24) is 10.2 Å². The molecule has 6 heteroatoms. The Labute approximate surface area is 172 Å². The minimum Gasteiger partial charge on any atom is -0.497 e. The number of benzene rings is 2. The molecule has 2 aromatic rings. The Balaban J connectivity index is 1.64. The number of carbonyl (C=O) groups is 1. The van der Waals surface area contributed by atoms with Crippen LogP contribution in [0.15, 0.2) is 42.5 Å². The van der Waals surface area contributed by atoms with E-state index in [4.69, 9.17) is 14.2 Å².